The second-order valence-electron chi connectivity index (χ2n) is 4.53. The zero-order valence-corrected chi connectivity index (χ0v) is 11.9. The van der Waals surface area contributed by atoms with Gasteiger partial charge in [0.15, 0.2) is 6.04 Å². The van der Waals surface area contributed by atoms with Crippen LogP contribution < -0.4 is 9.47 Å². The number of carbonyl (C=O) groups is 2. The van der Waals surface area contributed by atoms with E-state index in [1.807, 2.05) is 0 Å². The second-order valence-corrected chi connectivity index (χ2v) is 4.53. The van der Waals surface area contributed by atoms with E-state index in [4.69, 9.17) is 14.2 Å². The number of carboxylic acid groups (broad SMARTS) is 1. The quantitative estimate of drug-likeness (QED) is 0.877. The van der Waals surface area contributed by atoms with Crippen molar-refractivity contribution in [2.75, 3.05) is 34.0 Å². The SMILES string of the molecule is COc1cc(OC)cc(C(=O)N2CCOCC2C(=O)O)c1. The van der Waals surface area contributed by atoms with Gasteiger partial charge >= 0.3 is 5.97 Å². The fraction of sp³-hybridized carbons (Fsp3) is 0.429. The smallest absolute Gasteiger partial charge is 0.328 e. The minimum absolute atomic E-state index is 0.0117. The monoisotopic (exact) mass is 295 g/mol. The molecule has 1 atom stereocenters. The van der Waals surface area contributed by atoms with E-state index in [1.54, 1.807) is 18.2 Å². The maximum Gasteiger partial charge on any atom is 0.328 e. The molecule has 1 aromatic carbocycles. The molecule has 0 bridgehead atoms. The zero-order valence-electron chi connectivity index (χ0n) is 11.9. The molecule has 2 rings (SSSR count). The summed E-state index contributed by atoms with van der Waals surface area (Å²) < 4.78 is 15.4. The van der Waals surface area contributed by atoms with Crippen LogP contribution in [0.4, 0.5) is 0 Å². The van der Waals surface area contributed by atoms with Crippen molar-refractivity contribution in [3.05, 3.63) is 23.8 Å². The van der Waals surface area contributed by atoms with E-state index in [1.165, 1.54) is 19.1 Å². The third-order valence-corrected chi connectivity index (χ3v) is 3.27. The van der Waals surface area contributed by atoms with Gasteiger partial charge < -0.3 is 24.2 Å². The van der Waals surface area contributed by atoms with Crippen molar-refractivity contribution < 1.29 is 28.9 Å². The summed E-state index contributed by atoms with van der Waals surface area (Å²) in [6.07, 6.45) is 0. The zero-order chi connectivity index (χ0) is 15.4. The molecular formula is C14H17NO6. The van der Waals surface area contributed by atoms with Crippen LogP contribution in [0.5, 0.6) is 11.5 Å². The highest BCUT2D eigenvalue weighted by molar-refractivity contribution is 5.97. The number of carbonyl (C=O) groups excluding carboxylic acids is 1. The fourth-order valence-electron chi connectivity index (χ4n) is 2.15. The van der Waals surface area contributed by atoms with Crippen LogP contribution in [0.2, 0.25) is 0 Å². The van der Waals surface area contributed by atoms with E-state index < -0.39 is 12.0 Å². The van der Waals surface area contributed by atoms with Gasteiger partial charge in [-0.2, -0.15) is 0 Å². The molecule has 0 aliphatic carbocycles. The Kier molecular flexibility index (Phi) is 4.64. The topological polar surface area (TPSA) is 85.3 Å². The summed E-state index contributed by atoms with van der Waals surface area (Å²) >= 11 is 0. The highest BCUT2D eigenvalue weighted by Crippen LogP contribution is 2.24. The Morgan fingerprint density at radius 1 is 1.24 bits per heavy atom. The summed E-state index contributed by atoms with van der Waals surface area (Å²) in [5.74, 6) is -0.531. The van der Waals surface area contributed by atoms with Gasteiger partial charge in [0, 0.05) is 18.2 Å². The first-order valence-electron chi connectivity index (χ1n) is 6.41. The third kappa shape index (κ3) is 3.25. The molecule has 0 spiro atoms. The molecule has 7 nitrogen and oxygen atoms in total. The Morgan fingerprint density at radius 3 is 2.38 bits per heavy atom. The maximum absolute atomic E-state index is 12.5. The second kappa shape index (κ2) is 6.45. The number of morpholine rings is 1. The van der Waals surface area contributed by atoms with Crippen LogP contribution in [-0.4, -0.2) is 61.9 Å². The molecule has 21 heavy (non-hydrogen) atoms. The summed E-state index contributed by atoms with van der Waals surface area (Å²) in [4.78, 5) is 25.1. The molecule has 0 aromatic heterocycles. The van der Waals surface area contributed by atoms with Crippen LogP contribution >= 0.6 is 0 Å². The molecule has 0 radical (unpaired) electrons. The van der Waals surface area contributed by atoms with Gasteiger partial charge in [-0.15, -0.1) is 0 Å². The lowest BCUT2D eigenvalue weighted by atomic mass is 10.1. The third-order valence-electron chi connectivity index (χ3n) is 3.27. The van der Waals surface area contributed by atoms with Crippen molar-refractivity contribution in [3.8, 4) is 11.5 Å². The molecule has 0 saturated carbocycles. The van der Waals surface area contributed by atoms with Gasteiger partial charge in [0.05, 0.1) is 27.4 Å². The van der Waals surface area contributed by atoms with Crippen molar-refractivity contribution in [1.82, 2.24) is 4.90 Å². The van der Waals surface area contributed by atoms with Gasteiger partial charge in [-0.1, -0.05) is 0 Å². The number of rotatable bonds is 4. The first-order valence-corrected chi connectivity index (χ1v) is 6.41. The number of benzene rings is 1. The first kappa shape index (κ1) is 15.1. The van der Waals surface area contributed by atoms with Crippen molar-refractivity contribution in [2.24, 2.45) is 0 Å². The molecular weight excluding hydrogens is 278 g/mol. The lowest BCUT2D eigenvalue weighted by Crippen LogP contribution is -2.52. The number of hydrogen-bond donors (Lipinski definition) is 1. The molecule has 1 saturated heterocycles. The molecule has 1 N–H and O–H groups in total. The minimum Gasteiger partial charge on any atom is -0.497 e. The number of carboxylic acids is 1. The normalized spacial score (nSPS) is 18.2. The molecule has 1 heterocycles. The summed E-state index contributed by atoms with van der Waals surface area (Å²) in [6, 6.07) is 3.77. The fourth-order valence-corrected chi connectivity index (χ4v) is 2.15. The van der Waals surface area contributed by atoms with Crippen LogP contribution in [-0.2, 0) is 9.53 Å². The summed E-state index contributed by atoms with van der Waals surface area (Å²) in [5.41, 5.74) is 0.319. The molecule has 1 aliphatic heterocycles. The van der Waals surface area contributed by atoms with Gasteiger partial charge in [-0.25, -0.2) is 4.79 Å². The Morgan fingerprint density at radius 2 is 1.86 bits per heavy atom. The molecule has 1 aromatic rings. The molecule has 1 unspecified atom stereocenters. The van der Waals surface area contributed by atoms with Crippen LogP contribution in [0.3, 0.4) is 0 Å². The Hall–Kier alpha value is -2.28. The number of nitrogens with zero attached hydrogens (tertiary/aromatic N) is 1. The Bertz CT molecular complexity index is 522. The van der Waals surface area contributed by atoms with E-state index in [2.05, 4.69) is 0 Å². The van der Waals surface area contributed by atoms with Gasteiger partial charge in [0.2, 0.25) is 0 Å². The van der Waals surface area contributed by atoms with Crippen molar-refractivity contribution in [2.45, 2.75) is 6.04 Å². The minimum atomic E-state index is -1.09. The predicted molar refractivity (Wildman–Crippen MR) is 72.8 cm³/mol. The summed E-state index contributed by atoms with van der Waals surface area (Å²) in [6.45, 7) is 0.536. The van der Waals surface area contributed by atoms with E-state index >= 15 is 0 Å². The number of aliphatic carboxylic acids is 1. The number of hydrogen-bond acceptors (Lipinski definition) is 5. The van der Waals surface area contributed by atoms with Gasteiger partial charge in [0.1, 0.15) is 11.5 Å². The number of ether oxygens (including phenoxy) is 3. The highest BCUT2D eigenvalue weighted by atomic mass is 16.5. The van der Waals surface area contributed by atoms with Crippen molar-refractivity contribution in [3.63, 3.8) is 0 Å². The van der Waals surface area contributed by atoms with Crippen molar-refractivity contribution >= 4 is 11.9 Å². The summed E-state index contributed by atoms with van der Waals surface area (Å²) in [5, 5.41) is 9.18. The predicted octanol–water partition coefficient (Wildman–Crippen LogP) is 0.629. The van der Waals surface area contributed by atoms with Gasteiger partial charge in [0.25, 0.3) is 5.91 Å². The number of methoxy groups -OCH3 is 2. The van der Waals surface area contributed by atoms with Crippen LogP contribution in [0.25, 0.3) is 0 Å². The molecule has 114 valence electrons. The van der Waals surface area contributed by atoms with E-state index in [0.717, 1.165) is 0 Å². The van der Waals surface area contributed by atoms with Crippen LogP contribution in [0.1, 0.15) is 10.4 Å². The van der Waals surface area contributed by atoms with E-state index in [-0.39, 0.29) is 19.1 Å². The molecule has 1 fully saturated rings. The lowest BCUT2D eigenvalue weighted by Gasteiger charge is -2.33. The van der Waals surface area contributed by atoms with Crippen LogP contribution in [0.15, 0.2) is 18.2 Å². The molecule has 7 heteroatoms. The molecule has 1 aliphatic rings. The summed E-state index contributed by atoms with van der Waals surface area (Å²) in [7, 11) is 2.97. The van der Waals surface area contributed by atoms with E-state index in [0.29, 0.717) is 23.7 Å². The Labute approximate surface area is 122 Å². The van der Waals surface area contributed by atoms with E-state index in [9.17, 15) is 14.7 Å². The number of amides is 1. The first-order chi connectivity index (χ1) is 10.1. The Balaban J connectivity index is 2.31. The van der Waals surface area contributed by atoms with Gasteiger partial charge in [-0.3, -0.25) is 4.79 Å². The highest BCUT2D eigenvalue weighted by Gasteiger charge is 2.33. The van der Waals surface area contributed by atoms with Crippen LogP contribution in [0, 0.1) is 0 Å². The average Bonchev–Trinajstić information content (AvgIpc) is 2.53. The lowest BCUT2D eigenvalue weighted by molar-refractivity contribution is -0.147. The largest absolute Gasteiger partial charge is 0.497 e. The average molecular weight is 295 g/mol. The van der Waals surface area contributed by atoms with Gasteiger partial charge in [-0.05, 0) is 12.1 Å². The standard InChI is InChI=1S/C14H17NO6/c1-19-10-5-9(6-11(7-10)20-2)13(16)15-3-4-21-8-12(15)14(17)18/h5-7,12H,3-4,8H2,1-2H3,(H,17,18). The molecule has 1 amide bonds. The maximum atomic E-state index is 12.5. The van der Waals surface area contributed by atoms with Crippen molar-refractivity contribution in [1.29, 1.82) is 0 Å².